The van der Waals surface area contributed by atoms with Crippen LogP contribution in [-0.2, 0) is 11.2 Å². The zero-order chi connectivity index (χ0) is 18.7. The summed E-state index contributed by atoms with van der Waals surface area (Å²) in [5.41, 5.74) is 1.63. The fraction of sp³-hybridized carbons (Fsp3) is 0.667. The van der Waals surface area contributed by atoms with Gasteiger partial charge in [0.1, 0.15) is 5.75 Å². The van der Waals surface area contributed by atoms with Crippen molar-refractivity contribution < 1.29 is 9.47 Å². The topological polar surface area (TPSA) is 54.9 Å². The van der Waals surface area contributed by atoms with E-state index >= 15 is 0 Å². The maximum absolute atomic E-state index is 5.57. The van der Waals surface area contributed by atoms with Crippen molar-refractivity contribution in [3.8, 4) is 5.75 Å². The minimum absolute atomic E-state index is 0.361. The third-order valence-electron chi connectivity index (χ3n) is 5.27. The van der Waals surface area contributed by atoms with E-state index in [0.29, 0.717) is 12.0 Å². The number of guanidine groups is 1. The van der Waals surface area contributed by atoms with Gasteiger partial charge in [-0.25, -0.2) is 0 Å². The average molecular weight is 362 g/mol. The Kier molecular flexibility index (Phi) is 8.75. The Morgan fingerprint density at radius 3 is 2.73 bits per heavy atom. The van der Waals surface area contributed by atoms with Gasteiger partial charge in [0, 0.05) is 33.9 Å². The molecular formula is C21H35N3O2. The number of rotatable bonds is 10. The van der Waals surface area contributed by atoms with Crippen molar-refractivity contribution in [2.45, 2.75) is 45.4 Å². The second kappa shape index (κ2) is 11.1. The highest BCUT2D eigenvalue weighted by atomic mass is 16.5. The number of methoxy groups -OCH3 is 1. The van der Waals surface area contributed by atoms with E-state index in [4.69, 9.17) is 9.47 Å². The lowest BCUT2D eigenvalue weighted by Crippen LogP contribution is -2.43. The monoisotopic (exact) mass is 361 g/mol. The largest absolute Gasteiger partial charge is 0.494 e. The molecule has 1 aliphatic carbocycles. The summed E-state index contributed by atoms with van der Waals surface area (Å²) < 4.78 is 10.9. The molecule has 0 atom stereocenters. The Bertz CT molecular complexity index is 554. The van der Waals surface area contributed by atoms with Crippen LogP contribution < -0.4 is 15.4 Å². The lowest BCUT2D eigenvalue weighted by atomic mass is 9.83. The maximum atomic E-state index is 5.57. The Balaban J connectivity index is 1.77. The average Bonchev–Trinajstić information content (AvgIpc) is 3.13. The molecule has 0 aromatic heterocycles. The smallest absolute Gasteiger partial charge is 0.191 e. The summed E-state index contributed by atoms with van der Waals surface area (Å²) in [5, 5.41) is 6.97. The van der Waals surface area contributed by atoms with Crippen LogP contribution in [0.3, 0.4) is 0 Å². The van der Waals surface area contributed by atoms with Gasteiger partial charge >= 0.3 is 0 Å². The van der Waals surface area contributed by atoms with Crippen LogP contribution in [0.2, 0.25) is 0 Å². The molecule has 0 radical (unpaired) electrons. The number of aliphatic imine (C=N–C) groups is 1. The predicted molar refractivity (Wildman–Crippen MR) is 108 cm³/mol. The molecule has 0 saturated heterocycles. The van der Waals surface area contributed by atoms with Gasteiger partial charge in [0.25, 0.3) is 0 Å². The number of benzene rings is 1. The quantitative estimate of drug-likeness (QED) is 0.495. The molecule has 1 saturated carbocycles. The zero-order valence-corrected chi connectivity index (χ0v) is 16.6. The highest BCUT2D eigenvalue weighted by Gasteiger charge is 2.33. The van der Waals surface area contributed by atoms with Crippen molar-refractivity contribution in [3.05, 3.63) is 29.8 Å². The molecule has 0 unspecified atom stereocenters. The van der Waals surface area contributed by atoms with Gasteiger partial charge in [0.15, 0.2) is 5.96 Å². The summed E-state index contributed by atoms with van der Waals surface area (Å²) in [6.07, 6.45) is 7.28. The fourth-order valence-electron chi connectivity index (χ4n) is 3.73. The molecule has 0 spiro atoms. The molecule has 5 nitrogen and oxygen atoms in total. The molecular weight excluding hydrogens is 326 g/mol. The lowest BCUT2D eigenvalue weighted by molar-refractivity contribution is 0.138. The molecule has 26 heavy (non-hydrogen) atoms. The van der Waals surface area contributed by atoms with Gasteiger partial charge in [0.2, 0.25) is 0 Å². The molecule has 146 valence electrons. The first-order valence-corrected chi connectivity index (χ1v) is 9.86. The van der Waals surface area contributed by atoms with Crippen molar-refractivity contribution in [1.29, 1.82) is 0 Å². The molecule has 1 aromatic carbocycles. The number of hydrogen-bond donors (Lipinski definition) is 2. The normalized spacial score (nSPS) is 16.5. The fourth-order valence-corrected chi connectivity index (χ4v) is 3.73. The molecule has 1 aliphatic rings. The van der Waals surface area contributed by atoms with Crippen LogP contribution in [0.1, 0.15) is 44.6 Å². The van der Waals surface area contributed by atoms with E-state index in [1.807, 2.05) is 26.1 Å². The first-order chi connectivity index (χ1) is 12.7. The molecule has 2 N–H and O–H groups in total. The first kappa shape index (κ1) is 20.6. The number of nitrogens with one attached hydrogen (secondary N) is 2. The molecule has 0 heterocycles. The van der Waals surface area contributed by atoms with E-state index < -0.39 is 0 Å². The Hall–Kier alpha value is -1.75. The molecule has 5 heteroatoms. The summed E-state index contributed by atoms with van der Waals surface area (Å²) >= 11 is 0. The Morgan fingerprint density at radius 1 is 1.23 bits per heavy atom. The summed E-state index contributed by atoms with van der Waals surface area (Å²) in [6.45, 7) is 5.36. The van der Waals surface area contributed by atoms with Gasteiger partial charge in [-0.3, -0.25) is 4.99 Å². The van der Waals surface area contributed by atoms with E-state index in [1.54, 1.807) is 7.11 Å². The molecule has 0 amide bonds. The first-order valence-electron chi connectivity index (χ1n) is 9.86. The van der Waals surface area contributed by atoms with Crippen molar-refractivity contribution in [2.75, 3.05) is 40.5 Å². The third kappa shape index (κ3) is 6.52. The molecule has 0 bridgehead atoms. The number of ether oxygens (including phenoxy) is 2. The van der Waals surface area contributed by atoms with E-state index in [0.717, 1.165) is 44.2 Å². The van der Waals surface area contributed by atoms with Gasteiger partial charge in [-0.2, -0.15) is 0 Å². The van der Waals surface area contributed by atoms with E-state index in [2.05, 4.69) is 27.8 Å². The zero-order valence-electron chi connectivity index (χ0n) is 16.6. The van der Waals surface area contributed by atoms with Gasteiger partial charge in [-0.05, 0) is 55.7 Å². The second-order valence-corrected chi connectivity index (χ2v) is 7.13. The van der Waals surface area contributed by atoms with Crippen LogP contribution in [0, 0.1) is 5.41 Å². The summed E-state index contributed by atoms with van der Waals surface area (Å²) in [6, 6.07) is 8.30. The van der Waals surface area contributed by atoms with Crippen molar-refractivity contribution >= 4 is 5.96 Å². The van der Waals surface area contributed by atoms with Crippen LogP contribution in [0.5, 0.6) is 5.75 Å². The summed E-state index contributed by atoms with van der Waals surface area (Å²) in [4.78, 5) is 4.38. The van der Waals surface area contributed by atoms with Crippen LogP contribution in [0.15, 0.2) is 29.3 Å². The highest BCUT2D eigenvalue weighted by Crippen LogP contribution is 2.40. The Morgan fingerprint density at radius 2 is 2.04 bits per heavy atom. The van der Waals surface area contributed by atoms with Crippen LogP contribution in [0.25, 0.3) is 0 Å². The SMILES string of the molecule is CCOc1cccc(CCNC(=NC)NCC2(CCOC)CCCC2)c1. The van der Waals surface area contributed by atoms with E-state index in [1.165, 1.54) is 31.2 Å². The molecule has 0 aliphatic heterocycles. The van der Waals surface area contributed by atoms with Gasteiger partial charge in [-0.15, -0.1) is 0 Å². The maximum Gasteiger partial charge on any atom is 0.191 e. The summed E-state index contributed by atoms with van der Waals surface area (Å²) in [7, 11) is 3.62. The predicted octanol–water partition coefficient (Wildman–Crippen LogP) is 3.39. The second-order valence-electron chi connectivity index (χ2n) is 7.13. The minimum Gasteiger partial charge on any atom is -0.494 e. The van der Waals surface area contributed by atoms with Crippen molar-refractivity contribution in [3.63, 3.8) is 0 Å². The Labute approximate surface area is 158 Å². The van der Waals surface area contributed by atoms with E-state index in [9.17, 15) is 0 Å². The summed E-state index contributed by atoms with van der Waals surface area (Å²) in [5.74, 6) is 1.82. The minimum atomic E-state index is 0.361. The lowest BCUT2D eigenvalue weighted by Gasteiger charge is -2.30. The van der Waals surface area contributed by atoms with Crippen molar-refractivity contribution in [1.82, 2.24) is 10.6 Å². The van der Waals surface area contributed by atoms with Crippen molar-refractivity contribution in [2.24, 2.45) is 10.4 Å². The van der Waals surface area contributed by atoms with E-state index in [-0.39, 0.29) is 0 Å². The molecule has 1 fully saturated rings. The number of nitrogens with zero attached hydrogens (tertiary/aromatic N) is 1. The van der Waals surface area contributed by atoms with Gasteiger partial charge in [0.05, 0.1) is 6.61 Å². The highest BCUT2D eigenvalue weighted by molar-refractivity contribution is 5.79. The van der Waals surface area contributed by atoms with Gasteiger partial charge in [-0.1, -0.05) is 25.0 Å². The third-order valence-corrected chi connectivity index (χ3v) is 5.27. The number of hydrogen-bond acceptors (Lipinski definition) is 3. The van der Waals surface area contributed by atoms with Crippen LogP contribution >= 0.6 is 0 Å². The van der Waals surface area contributed by atoms with Crippen LogP contribution in [-0.4, -0.2) is 46.4 Å². The van der Waals surface area contributed by atoms with Gasteiger partial charge < -0.3 is 20.1 Å². The standard InChI is InChI=1S/C21H35N3O2/c1-4-26-19-9-7-8-18(16-19)10-14-23-20(22-2)24-17-21(13-15-25-3)11-5-6-12-21/h7-9,16H,4-6,10-15,17H2,1-3H3,(H2,22,23,24). The molecule has 1 aromatic rings. The molecule has 2 rings (SSSR count). The van der Waals surface area contributed by atoms with Crippen LogP contribution in [0.4, 0.5) is 0 Å².